The Hall–Kier alpha value is -0.820. The summed E-state index contributed by atoms with van der Waals surface area (Å²) >= 11 is 0. The molecule has 0 aliphatic rings. The minimum absolute atomic E-state index is 0.296. The molecule has 1 aromatic rings. The molecule has 102 valence electrons. The van der Waals surface area contributed by atoms with E-state index in [1.165, 1.54) is 24.8 Å². The summed E-state index contributed by atoms with van der Waals surface area (Å²) in [6, 6.07) is 11.0. The van der Waals surface area contributed by atoms with Crippen LogP contribution in [0.15, 0.2) is 30.3 Å². The predicted molar refractivity (Wildman–Crippen MR) is 81.0 cm³/mol. The molecule has 0 aliphatic carbocycles. The molecule has 0 aliphatic heterocycles. The van der Waals surface area contributed by atoms with Crippen molar-refractivity contribution >= 4 is 0 Å². The van der Waals surface area contributed by atoms with Crippen molar-refractivity contribution in [1.82, 2.24) is 5.32 Å². The Balaban J connectivity index is 2.90. The smallest absolute Gasteiger partial charge is 0.00775 e. The van der Waals surface area contributed by atoms with Crippen LogP contribution in [0, 0.1) is 5.92 Å². The van der Waals surface area contributed by atoms with Crippen LogP contribution in [0.25, 0.3) is 0 Å². The minimum Gasteiger partial charge on any atom is -0.316 e. The fourth-order valence-electron chi connectivity index (χ4n) is 2.84. The van der Waals surface area contributed by atoms with Crippen molar-refractivity contribution < 1.29 is 0 Å². The van der Waals surface area contributed by atoms with Crippen LogP contribution < -0.4 is 5.32 Å². The third-order valence-corrected chi connectivity index (χ3v) is 3.75. The third kappa shape index (κ3) is 4.13. The van der Waals surface area contributed by atoms with Gasteiger partial charge in [-0.15, -0.1) is 0 Å². The van der Waals surface area contributed by atoms with Crippen molar-refractivity contribution in [1.29, 1.82) is 0 Å². The van der Waals surface area contributed by atoms with Crippen LogP contribution in [0.5, 0.6) is 0 Å². The maximum absolute atomic E-state index is 3.63. The van der Waals surface area contributed by atoms with E-state index in [9.17, 15) is 0 Å². The number of nitrogens with one attached hydrogen (secondary N) is 1. The molecule has 0 fully saturated rings. The molecule has 0 heterocycles. The molecule has 0 amide bonds. The van der Waals surface area contributed by atoms with Gasteiger partial charge in [-0.2, -0.15) is 0 Å². The van der Waals surface area contributed by atoms with Crippen molar-refractivity contribution in [3.8, 4) is 0 Å². The Kier molecular flexibility index (Phi) is 6.42. The zero-order valence-electron chi connectivity index (χ0n) is 12.5. The van der Waals surface area contributed by atoms with Gasteiger partial charge in [-0.25, -0.2) is 0 Å². The SMILES string of the molecule is CCCNCC(CC)(CC(C)C)c1ccccc1. The highest BCUT2D eigenvalue weighted by Gasteiger charge is 2.30. The van der Waals surface area contributed by atoms with E-state index in [1.54, 1.807) is 0 Å². The van der Waals surface area contributed by atoms with Crippen molar-refractivity contribution in [2.75, 3.05) is 13.1 Å². The first-order valence-corrected chi connectivity index (χ1v) is 7.41. The predicted octanol–water partition coefficient (Wildman–Crippen LogP) is 4.38. The van der Waals surface area contributed by atoms with Gasteiger partial charge in [-0.05, 0) is 37.3 Å². The molecule has 1 rings (SSSR count). The lowest BCUT2D eigenvalue weighted by Crippen LogP contribution is -2.39. The molecule has 0 saturated heterocycles. The molecule has 1 atom stereocenters. The molecule has 1 N–H and O–H groups in total. The van der Waals surface area contributed by atoms with Gasteiger partial charge in [0.1, 0.15) is 0 Å². The van der Waals surface area contributed by atoms with E-state index in [0.29, 0.717) is 5.41 Å². The fourth-order valence-corrected chi connectivity index (χ4v) is 2.84. The quantitative estimate of drug-likeness (QED) is 0.672. The second-order valence-electron chi connectivity index (χ2n) is 5.77. The van der Waals surface area contributed by atoms with Gasteiger partial charge in [-0.1, -0.05) is 58.0 Å². The third-order valence-electron chi connectivity index (χ3n) is 3.75. The van der Waals surface area contributed by atoms with Gasteiger partial charge in [-0.3, -0.25) is 0 Å². The van der Waals surface area contributed by atoms with Crippen molar-refractivity contribution in [2.24, 2.45) is 5.92 Å². The van der Waals surface area contributed by atoms with Gasteiger partial charge in [0.25, 0.3) is 0 Å². The molecule has 1 heteroatoms. The van der Waals surface area contributed by atoms with Gasteiger partial charge in [0.05, 0.1) is 0 Å². The van der Waals surface area contributed by atoms with E-state index in [2.05, 4.69) is 63.3 Å². The number of rotatable bonds is 8. The van der Waals surface area contributed by atoms with Crippen LogP contribution in [0.4, 0.5) is 0 Å². The van der Waals surface area contributed by atoms with Crippen LogP contribution in [-0.4, -0.2) is 13.1 Å². The lowest BCUT2D eigenvalue weighted by Gasteiger charge is -2.35. The van der Waals surface area contributed by atoms with Crippen LogP contribution in [0.2, 0.25) is 0 Å². The van der Waals surface area contributed by atoms with E-state index < -0.39 is 0 Å². The van der Waals surface area contributed by atoms with Crippen LogP contribution in [-0.2, 0) is 5.41 Å². The first-order valence-electron chi connectivity index (χ1n) is 7.41. The topological polar surface area (TPSA) is 12.0 Å². The zero-order chi connectivity index (χ0) is 13.4. The highest BCUT2D eigenvalue weighted by molar-refractivity contribution is 5.26. The second-order valence-corrected chi connectivity index (χ2v) is 5.77. The van der Waals surface area contributed by atoms with E-state index in [0.717, 1.165) is 19.0 Å². The first-order chi connectivity index (χ1) is 8.64. The van der Waals surface area contributed by atoms with E-state index in [-0.39, 0.29) is 0 Å². The summed E-state index contributed by atoms with van der Waals surface area (Å²) in [5, 5.41) is 3.63. The molecule has 0 bridgehead atoms. The standard InChI is InChI=1S/C17H29N/c1-5-12-18-14-17(6-2,13-15(3)4)16-10-8-7-9-11-16/h7-11,15,18H,5-6,12-14H2,1-4H3. The van der Waals surface area contributed by atoms with Gasteiger partial charge in [0.2, 0.25) is 0 Å². The summed E-state index contributed by atoms with van der Waals surface area (Å²) in [4.78, 5) is 0. The minimum atomic E-state index is 0.296. The van der Waals surface area contributed by atoms with Crippen LogP contribution >= 0.6 is 0 Å². The summed E-state index contributed by atoms with van der Waals surface area (Å²) < 4.78 is 0. The van der Waals surface area contributed by atoms with E-state index >= 15 is 0 Å². The largest absolute Gasteiger partial charge is 0.316 e. The molecular formula is C17H29N. The lowest BCUT2D eigenvalue weighted by atomic mass is 9.72. The summed E-state index contributed by atoms with van der Waals surface area (Å²) in [5.41, 5.74) is 1.79. The average molecular weight is 247 g/mol. The number of hydrogen-bond acceptors (Lipinski definition) is 1. The van der Waals surface area contributed by atoms with Crippen LogP contribution in [0.1, 0.15) is 52.5 Å². The maximum Gasteiger partial charge on any atom is 0.00775 e. The normalized spacial score (nSPS) is 14.7. The number of hydrogen-bond donors (Lipinski definition) is 1. The monoisotopic (exact) mass is 247 g/mol. The lowest BCUT2D eigenvalue weighted by molar-refractivity contribution is 0.311. The fraction of sp³-hybridized carbons (Fsp3) is 0.647. The summed E-state index contributed by atoms with van der Waals surface area (Å²) in [6.07, 6.45) is 3.66. The molecule has 1 unspecified atom stereocenters. The Morgan fingerprint density at radius 3 is 2.28 bits per heavy atom. The highest BCUT2D eigenvalue weighted by Crippen LogP contribution is 2.34. The van der Waals surface area contributed by atoms with E-state index in [1.807, 2.05) is 0 Å². The molecular weight excluding hydrogens is 218 g/mol. The van der Waals surface area contributed by atoms with Gasteiger partial charge < -0.3 is 5.32 Å². The van der Waals surface area contributed by atoms with Gasteiger partial charge >= 0.3 is 0 Å². The van der Waals surface area contributed by atoms with Gasteiger partial charge in [0, 0.05) is 12.0 Å². The van der Waals surface area contributed by atoms with Crippen molar-refractivity contribution in [2.45, 2.75) is 52.4 Å². The first kappa shape index (κ1) is 15.2. The Bertz CT molecular complexity index is 318. The van der Waals surface area contributed by atoms with Crippen molar-refractivity contribution in [3.63, 3.8) is 0 Å². The molecule has 0 spiro atoms. The Morgan fingerprint density at radius 2 is 1.78 bits per heavy atom. The summed E-state index contributed by atoms with van der Waals surface area (Å²) in [7, 11) is 0. The molecule has 0 radical (unpaired) electrons. The molecule has 1 nitrogen and oxygen atoms in total. The van der Waals surface area contributed by atoms with Crippen LogP contribution in [0.3, 0.4) is 0 Å². The Labute approximate surface area is 113 Å². The number of benzene rings is 1. The molecule has 18 heavy (non-hydrogen) atoms. The molecule has 0 saturated carbocycles. The summed E-state index contributed by atoms with van der Waals surface area (Å²) in [6.45, 7) is 11.4. The average Bonchev–Trinajstić information content (AvgIpc) is 2.38. The van der Waals surface area contributed by atoms with Gasteiger partial charge in [0.15, 0.2) is 0 Å². The Morgan fingerprint density at radius 1 is 1.11 bits per heavy atom. The maximum atomic E-state index is 3.63. The summed E-state index contributed by atoms with van der Waals surface area (Å²) in [5.74, 6) is 0.730. The van der Waals surface area contributed by atoms with E-state index in [4.69, 9.17) is 0 Å². The highest BCUT2D eigenvalue weighted by atomic mass is 14.9. The molecule has 0 aromatic heterocycles. The second kappa shape index (κ2) is 7.58. The zero-order valence-corrected chi connectivity index (χ0v) is 12.5. The van der Waals surface area contributed by atoms with Crippen molar-refractivity contribution in [3.05, 3.63) is 35.9 Å². The molecule has 1 aromatic carbocycles.